The molecule has 0 fully saturated rings. The summed E-state index contributed by atoms with van der Waals surface area (Å²) in [7, 11) is 0. The van der Waals surface area contributed by atoms with E-state index in [0.717, 1.165) is 0 Å². The first kappa shape index (κ1) is 16.0. The second-order valence-corrected chi connectivity index (χ2v) is 3.34. The summed E-state index contributed by atoms with van der Waals surface area (Å²) in [5.41, 5.74) is 2.55. The van der Waals surface area contributed by atoms with Crippen molar-refractivity contribution in [3.05, 3.63) is 60.7 Å². The van der Waals surface area contributed by atoms with Crippen LogP contribution in [0.4, 0.5) is 0 Å². The molecule has 2 nitrogen and oxygen atoms in total. The van der Waals surface area contributed by atoms with Gasteiger partial charge in [0.25, 0.3) is 0 Å². The van der Waals surface area contributed by atoms with E-state index in [-0.39, 0.29) is 0 Å². The maximum Gasteiger partial charge on any atom is 0.0554 e. The highest BCUT2D eigenvalue weighted by atomic mass is 32.1. The molecule has 2 rings (SSSR count). The molecule has 0 amide bonds. The van der Waals surface area contributed by atoms with Crippen LogP contribution in [-0.4, -0.2) is 10.3 Å². The van der Waals surface area contributed by atoms with Gasteiger partial charge in [0.15, 0.2) is 0 Å². The molecule has 0 unspecified atom stereocenters. The van der Waals surface area contributed by atoms with Crippen molar-refractivity contribution >= 4 is 34.8 Å². The molecule has 2 N–H and O–H groups in total. The van der Waals surface area contributed by atoms with Crippen LogP contribution in [0.5, 0.6) is 0 Å². The van der Waals surface area contributed by atoms with Gasteiger partial charge in [-0.3, -0.25) is 0 Å². The first-order valence-corrected chi connectivity index (χ1v) is 5.80. The fourth-order valence-corrected chi connectivity index (χ4v) is 1.26. The fraction of sp³-hybridized carbons (Fsp3) is 0. The van der Waals surface area contributed by atoms with Gasteiger partial charge in [0.05, 0.1) is 10.3 Å². The maximum absolute atomic E-state index is 5.77. The van der Waals surface area contributed by atoms with E-state index in [1.807, 2.05) is 12.1 Å². The molecule has 18 heavy (non-hydrogen) atoms. The Kier molecular flexibility index (Phi) is 10.3. The molecule has 0 saturated carbocycles. The normalized spacial score (nSPS) is 7.33. The smallest absolute Gasteiger partial charge is 0.0554 e. The van der Waals surface area contributed by atoms with Crippen molar-refractivity contribution in [3.63, 3.8) is 0 Å². The fourth-order valence-electron chi connectivity index (χ4n) is 1.26. The number of benzene rings is 2. The van der Waals surface area contributed by atoms with Crippen LogP contribution in [0, 0.1) is 10.8 Å². The van der Waals surface area contributed by atoms with Crippen LogP contribution >= 0.6 is 24.4 Å². The van der Waals surface area contributed by atoms with Crippen molar-refractivity contribution in [2.45, 2.75) is 0 Å². The van der Waals surface area contributed by atoms with E-state index in [4.69, 9.17) is 10.8 Å². The molecule has 0 aliphatic rings. The summed E-state index contributed by atoms with van der Waals surface area (Å²) in [4.78, 5) is 0. The topological polar surface area (TPSA) is 47.7 Å². The second kappa shape index (κ2) is 11.5. The van der Waals surface area contributed by atoms with Crippen LogP contribution in [0.15, 0.2) is 60.7 Å². The molecule has 0 radical (unpaired) electrons. The third-order valence-corrected chi connectivity index (χ3v) is 1.88. The molecule has 0 aliphatic carbocycles. The van der Waals surface area contributed by atoms with E-state index in [0.29, 0.717) is 0 Å². The van der Waals surface area contributed by atoms with Crippen LogP contribution in [-0.2, 0) is 0 Å². The molecule has 0 atom stereocenters. The first-order valence-electron chi connectivity index (χ1n) is 4.98. The summed E-state index contributed by atoms with van der Waals surface area (Å²) >= 11 is 7.62. The standard InChI is InChI=1S/C12H10.2CHNS/c1-3-7-11(8-4-1)12-9-5-2-6-10-12;2*2-1-3/h1-10H;2*2H. The minimum atomic E-state index is 1.28. The monoisotopic (exact) mass is 272 g/mol. The molecule has 90 valence electrons. The van der Waals surface area contributed by atoms with Crippen molar-refractivity contribution in [2.75, 3.05) is 0 Å². The highest BCUT2D eigenvalue weighted by Gasteiger charge is 1.91. The minimum Gasteiger partial charge on any atom is -0.248 e. The highest BCUT2D eigenvalue weighted by molar-refractivity contribution is 7.78. The van der Waals surface area contributed by atoms with Crippen molar-refractivity contribution in [1.29, 1.82) is 10.8 Å². The van der Waals surface area contributed by atoms with Crippen LogP contribution in [0.1, 0.15) is 0 Å². The van der Waals surface area contributed by atoms with Crippen molar-refractivity contribution in [2.24, 2.45) is 0 Å². The zero-order valence-electron chi connectivity index (χ0n) is 9.59. The Labute approximate surface area is 117 Å². The summed E-state index contributed by atoms with van der Waals surface area (Å²) in [5, 5.41) is 14.7. The Morgan fingerprint density at radius 1 is 0.611 bits per heavy atom. The number of nitrogens with one attached hydrogen (secondary N) is 2. The lowest BCUT2D eigenvalue weighted by Gasteiger charge is -1.98. The molecule has 0 saturated heterocycles. The Hall–Kier alpha value is -1.96. The molecule has 0 heterocycles. The van der Waals surface area contributed by atoms with Crippen molar-refractivity contribution in [3.8, 4) is 11.1 Å². The van der Waals surface area contributed by atoms with Gasteiger partial charge in [0.1, 0.15) is 0 Å². The number of isothiocyanates is 2. The summed E-state index contributed by atoms with van der Waals surface area (Å²) in [6.07, 6.45) is 0. The highest BCUT2D eigenvalue weighted by Crippen LogP contribution is 2.17. The molecule has 0 bridgehead atoms. The van der Waals surface area contributed by atoms with E-state index >= 15 is 0 Å². The van der Waals surface area contributed by atoms with Crippen molar-refractivity contribution < 1.29 is 0 Å². The van der Waals surface area contributed by atoms with Gasteiger partial charge < -0.3 is 0 Å². The first-order chi connectivity index (χ1) is 8.79. The van der Waals surface area contributed by atoms with Gasteiger partial charge >= 0.3 is 0 Å². The van der Waals surface area contributed by atoms with Gasteiger partial charge in [-0.05, 0) is 35.6 Å². The lowest BCUT2D eigenvalue weighted by Crippen LogP contribution is -1.73. The van der Waals surface area contributed by atoms with Crippen LogP contribution in [0.25, 0.3) is 11.1 Å². The quantitative estimate of drug-likeness (QED) is 0.584. The van der Waals surface area contributed by atoms with Gasteiger partial charge in [-0.2, -0.15) is 0 Å². The maximum atomic E-state index is 5.77. The Morgan fingerprint density at radius 2 is 0.833 bits per heavy atom. The summed E-state index contributed by atoms with van der Waals surface area (Å²) in [6, 6.07) is 20.8. The SMILES string of the molecule is N=C=S.N=C=S.c1ccc(-c2ccccc2)cc1. The van der Waals surface area contributed by atoms with Gasteiger partial charge in [0, 0.05) is 0 Å². The molecule has 4 heteroatoms. The van der Waals surface area contributed by atoms with Crippen LogP contribution in [0.2, 0.25) is 0 Å². The van der Waals surface area contributed by atoms with E-state index in [1.165, 1.54) is 11.1 Å². The van der Waals surface area contributed by atoms with Crippen LogP contribution < -0.4 is 0 Å². The molecule has 0 aliphatic heterocycles. The van der Waals surface area contributed by atoms with Crippen molar-refractivity contribution in [1.82, 2.24) is 0 Å². The number of hydrogen-bond donors (Lipinski definition) is 2. The van der Waals surface area contributed by atoms with Gasteiger partial charge in [0.2, 0.25) is 0 Å². The zero-order valence-corrected chi connectivity index (χ0v) is 11.2. The van der Waals surface area contributed by atoms with Gasteiger partial charge in [-0.25, -0.2) is 10.8 Å². The Bertz CT molecular complexity index is 448. The van der Waals surface area contributed by atoms with E-state index < -0.39 is 0 Å². The largest absolute Gasteiger partial charge is 0.248 e. The zero-order chi connectivity index (χ0) is 13.6. The lowest BCUT2D eigenvalue weighted by molar-refractivity contribution is 1.61. The average molecular weight is 272 g/mol. The lowest BCUT2D eigenvalue weighted by atomic mass is 10.1. The summed E-state index contributed by atoms with van der Waals surface area (Å²) in [5.74, 6) is 0. The number of rotatable bonds is 1. The Balaban J connectivity index is 0.000000414. The molecule has 2 aromatic carbocycles. The summed E-state index contributed by atoms with van der Waals surface area (Å²) < 4.78 is 0. The molecule has 2 aromatic rings. The number of hydrogen-bond acceptors (Lipinski definition) is 4. The minimum absolute atomic E-state index is 1.28. The predicted octanol–water partition coefficient (Wildman–Crippen LogP) is 4.69. The third kappa shape index (κ3) is 7.34. The van der Waals surface area contributed by atoms with Gasteiger partial charge in [-0.15, -0.1) is 0 Å². The van der Waals surface area contributed by atoms with Gasteiger partial charge in [-0.1, -0.05) is 60.7 Å². The predicted molar refractivity (Wildman–Crippen MR) is 82.5 cm³/mol. The second-order valence-electron chi connectivity index (χ2n) is 2.94. The van der Waals surface area contributed by atoms with E-state index in [9.17, 15) is 0 Å². The summed E-state index contributed by atoms with van der Waals surface area (Å²) in [6.45, 7) is 0. The third-order valence-electron chi connectivity index (χ3n) is 1.88. The number of thiocarbonyl (C=S) groups is 2. The Morgan fingerprint density at radius 3 is 1.06 bits per heavy atom. The van der Waals surface area contributed by atoms with Crippen LogP contribution in [0.3, 0.4) is 0 Å². The molecular weight excluding hydrogens is 260 g/mol. The molecule has 0 aromatic heterocycles. The average Bonchev–Trinajstić information content (AvgIpc) is 2.43. The molecule has 0 spiro atoms. The van der Waals surface area contributed by atoms with E-state index in [1.54, 1.807) is 10.3 Å². The van der Waals surface area contributed by atoms with E-state index in [2.05, 4.69) is 73.0 Å². The molecular formula is C14H12N2S2.